The molecule has 1 aromatic rings. The molecule has 1 rings (SSSR count). The first kappa shape index (κ1) is 6.48. The van der Waals surface area contributed by atoms with Crippen LogP contribution in [0.3, 0.4) is 0 Å². The fourth-order valence-electron chi connectivity index (χ4n) is 0.472. The highest BCUT2D eigenvalue weighted by Gasteiger charge is 1.99. The molecule has 0 aliphatic heterocycles. The zero-order valence-electron chi connectivity index (χ0n) is 4.73. The molecule has 0 atom stereocenters. The molecular formula is C5H6INS. The second-order valence-corrected chi connectivity index (χ2v) is 3.69. The molecule has 3 heteroatoms. The second kappa shape index (κ2) is 2.31. The first-order valence-electron chi connectivity index (χ1n) is 2.30. The summed E-state index contributed by atoms with van der Waals surface area (Å²) in [7, 11) is 0. The summed E-state index contributed by atoms with van der Waals surface area (Å²) < 4.78 is 5.46. The Morgan fingerprint density at radius 1 is 1.50 bits per heavy atom. The molecule has 0 bridgehead atoms. The number of nitrogens with zero attached hydrogens (tertiary/aromatic N) is 1. The number of aromatic nitrogens is 1. The van der Waals surface area contributed by atoms with Crippen molar-refractivity contribution in [1.82, 2.24) is 4.37 Å². The van der Waals surface area contributed by atoms with Crippen LogP contribution in [0.4, 0.5) is 0 Å². The molecule has 8 heavy (non-hydrogen) atoms. The number of hydrogen-bond acceptors (Lipinski definition) is 2. The lowest BCUT2D eigenvalue weighted by atomic mass is 10.4. The summed E-state index contributed by atoms with van der Waals surface area (Å²) in [6.45, 7) is 4.12. The van der Waals surface area contributed by atoms with Crippen LogP contribution in [0.15, 0.2) is 0 Å². The van der Waals surface area contributed by atoms with Crippen LogP contribution < -0.4 is 0 Å². The SMILES string of the molecule is Cc1nsc(C)c1I. The first-order valence-corrected chi connectivity index (χ1v) is 4.15. The van der Waals surface area contributed by atoms with Gasteiger partial charge >= 0.3 is 0 Å². The van der Waals surface area contributed by atoms with Crippen LogP contribution in [-0.2, 0) is 0 Å². The molecule has 0 N–H and O–H groups in total. The van der Waals surface area contributed by atoms with Gasteiger partial charge in [0.05, 0.1) is 5.69 Å². The van der Waals surface area contributed by atoms with Gasteiger partial charge in [0.1, 0.15) is 0 Å². The molecule has 0 radical (unpaired) electrons. The highest BCUT2D eigenvalue weighted by Crippen LogP contribution is 2.18. The maximum absolute atomic E-state index is 4.15. The number of halogens is 1. The van der Waals surface area contributed by atoms with Gasteiger partial charge in [0.25, 0.3) is 0 Å². The van der Waals surface area contributed by atoms with Crippen molar-refractivity contribution >= 4 is 34.1 Å². The van der Waals surface area contributed by atoms with Gasteiger partial charge in [0, 0.05) is 8.45 Å². The van der Waals surface area contributed by atoms with Gasteiger partial charge < -0.3 is 0 Å². The van der Waals surface area contributed by atoms with Crippen molar-refractivity contribution < 1.29 is 0 Å². The summed E-state index contributed by atoms with van der Waals surface area (Å²) in [6, 6.07) is 0. The van der Waals surface area contributed by atoms with Crippen molar-refractivity contribution in [2.45, 2.75) is 13.8 Å². The molecular weight excluding hydrogens is 233 g/mol. The Kier molecular flexibility index (Phi) is 1.87. The molecule has 0 saturated carbocycles. The monoisotopic (exact) mass is 239 g/mol. The third kappa shape index (κ3) is 1.02. The smallest absolute Gasteiger partial charge is 0.0647 e. The lowest BCUT2D eigenvalue weighted by molar-refractivity contribution is 1.31. The topological polar surface area (TPSA) is 12.9 Å². The van der Waals surface area contributed by atoms with Gasteiger partial charge in [-0.25, -0.2) is 0 Å². The molecule has 0 saturated heterocycles. The van der Waals surface area contributed by atoms with Crippen molar-refractivity contribution in [2.75, 3.05) is 0 Å². The molecule has 1 aromatic heterocycles. The highest BCUT2D eigenvalue weighted by molar-refractivity contribution is 14.1. The van der Waals surface area contributed by atoms with Crippen molar-refractivity contribution in [3.05, 3.63) is 14.1 Å². The summed E-state index contributed by atoms with van der Waals surface area (Å²) >= 11 is 3.89. The highest BCUT2D eigenvalue weighted by atomic mass is 127. The zero-order chi connectivity index (χ0) is 6.15. The van der Waals surface area contributed by atoms with E-state index in [0.29, 0.717) is 0 Å². The Labute approximate surface area is 66.4 Å². The van der Waals surface area contributed by atoms with E-state index >= 15 is 0 Å². The van der Waals surface area contributed by atoms with Gasteiger partial charge in [-0.3, -0.25) is 0 Å². The van der Waals surface area contributed by atoms with Gasteiger partial charge in [0.15, 0.2) is 0 Å². The summed E-state index contributed by atoms with van der Waals surface area (Å²) in [5.41, 5.74) is 1.16. The van der Waals surface area contributed by atoms with Gasteiger partial charge in [-0.2, -0.15) is 4.37 Å². The Hall–Kier alpha value is 0.360. The maximum Gasteiger partial charge on any atom is 0.0647 e. The summed E-state index contributed by atoms with van der Waals surface area (Å²) in [5, 5.41) is 0. The van der Waals surface area contributed by atoms with Crippen LogP contribution in [0.25, 0.3) is 0 Å². The van der Waals surface area contributed by atoms with Crippen LogP contribution in [0.5, 0.6) is 0 Å². The predicted molar refractivity (Wildman–Crippen MR) is 44.3 cm³/mol. The minimum absolute atomic E-state index is 1.16. The zero-order valence-corrected chi connectivity index (χ0v) is 7.71. The minimum Gasteiger partial charge on any atom is -0.197 e. The van der Waals surface area contributed by atoms with E-state index in [2.05, 4.69) is 33.9 Å². The Morgan fingerprint density at radius 2 is 2.12 bits per heavy atom. The quantitative estimate of drug-likeness (QED) is 0.633. The van der Waals surface area contributed by atoms with E-state index in [1.165, 1.54) is 8.45 Å². The van der Waals surface area contributed by atoms with Crippen molar-refractivity contribution in [3.8, 4) is 0 Å². The van der Waals surface area contributed by atoms with Crippen molar-refractivity contribution in [3.63, 3.8) is 0 Å². The van der Waals surface area contributed by atoms with E-state index in [0.717, 1.165) is 5.69 Å². The third-order valence-electron chi connectivity index (χ3n) is 0.946. The molecule has 0 aromatic carbocycles. The molecule has 0 fully saturated rings. The Bertz CT molecular complexity index is 175. The summed E-state index contributed by atoms with van der Waals surface area (Å²) in [6.07, 6.45) is 0. The lowest BCUT2D eigenvalue weighted by Crippen LogP contribution is -1.71. The van der Waals surface area contributed by atoms with Crippen LogP contribution in [0, 0.1) is 17.4 Å². The van der Waals surface area contributed by atoms with Crippen LogP contribution in [0.1, 0.15) is 10.6 Å². The largest absolute Gasteiger partial charge is 0.197 e. The van der Waals surface area contributed by atoms with E-state index in [1.54, 1.807) is 11.5 Å². The Balaban J connectivity index is 3.19. The summed E-state index contributed by atoms with van der Waals surface area (Å²) in [4.78, 5) is 1.32. The average molecular weight is 239 g/mol. The van der Waals surface area contributed by atoms with Gasteiger partial charge in [-0.15, -0.1) is 0 Å². The molecule has 0 spiro atoms. The Morgan fingerprint density at radius 3 is 2.25 bits per heavy atom. The standard InChI is InChI=1S/C5H6INS/c1-3-5(6)4(2)8-7-3/h1-2H3. The average Bonchev–Trinajstić information content (AvgIpc) is 1.98. The molecule has 1 nitrogen and oxygen atoms in total. The van der Waals surface area contributed by atoms with E-state index in [9.17, 15) is 0 Å². The normalized spacial score (nSPS) is 9.88. The van der Waals surface area contributed by atoms with Gasteiger partial charge in [0.2, 0.25) is 0 Å². The van der Waals surface area contributed by atoms with Crippen molar-refractivity contribution in [1.29, 1.82) is 0 Å². The fraction of sp³-hybridized carbons (Fsp3) is 0.400. The number of aryl methyl sites for hydroxylation is 2. The van der Waals surface area contributed by atoms with E-state index in [4.69, 9.17) is 0 Å². The second-order valence-electron chi connectivity index (χ2n) is 1.64. The minimum atomic E-state index is 1.16. The fourth-order valence-corrected chi connectivity index (χ4v) is 1.64. The van der Waals surface area contributed by atoms with E-state index in [1.807, 2.05) is 6.92 Å². The van der Waals surface area contributed by atoms with Crippen LogP contribution in [0.2, 0.25) is 0 Å². The van der Waals surface area contributed by atoms with Crippen LogP contribution >= 0.6 is 34.1 Å². The number of rotatable bonds is 0. The molecule has 0 amide bonds. The molecule has 1 heterocycles. The van der Waals surface area contributed by atoms with E-state index < -0.39 is 0 Å². The van der Waals surface area contributed by atoms with E-state index in [-0.39, 0.29) is 0 Å². The molecule has 44 valence electrons. The van der Waals surface area contributed by atoms with Gasteiger partial charge in [-0.1, -0.05) is 0 Å². The third-order valence-corrected chi connectivity index (χ3v) is 3.75. The molecule has 0 aliphatic rings. The van der Waals surface area contributed by atoms with Crippen LogP contribution in [-0.4, -0.2) is 4.37 Å². The summed E-state index contributed by atoms with van der Waals surface area (Å²) in [5.74, 6) is 0. The van der Waals surface area contributed by atoms with Crippen molar-refractivity contribution in [2.24, 2.45) is 0 Å². The lowest BCUT2D eigenvalue weighted by Gasteiger charge is -1.81. The number of hydrogen-bond donors (Lipinski definition) is 0. The van der Waals surface area contributed by atoms with Gasteiger partial charge in [-0.05, 0) is 48.0 Å². The molecule has 0 unspecified atom stereocenters. The predicted octanol–water partition coefficient (Wildman–Crippen LogP) is 2.36. The maximum atomic E-state index is 4.15. The molecule has 0 aliphatic carbocycles. The first-order chi connectivity index (χ1) is 3.72.